The molecule has 2 atom stereocenters. The van der Waals surface area contributed by atoms with E-state index in [9.17, 15) is 14.4 Å². The quantitative estimate of drug-likeness (QED) is 0.450. The highest BCUT2D eigenvalue weighted by Gasteiger charge is 2.31. The maximum Gasteiger partial charge on any atom is 0.225 e. The smallest absolute Gasteiger partial charge is 0.225 e. The van der Waals surface area contributed by atoms with E-state index in [1.54, 1.807) is 6.07 Å². The SMILES string of the molecule is CN(CC#N)C(=O)CC(CNC=O)C(=O)NC(c1cccc(Cl)c1)C1CCCC1. The average molecular weight is 419 g/mol. The Bertz CT molecular complexity index is 759. The molecule has 0 spiro atoms. The maximum atomic E-state index is 13.1. The van der Waals surface area contributed by atoms with Crippen LogP contribution in [0.1, 0.15) is 43.7 Å². The van der Waals surface area contributed by atoms with Gasteiger partial charge in [-0.15, -0.1) is 0 Å². The monoisotopic (exact) mass is 418 g/mol. The molecule has 1 fully saturated rings. The Morgan fingerprint density at radius 3 is 2.72 bits per heavy atom. The minimum Gasteiger partial charge on any atom is -0.358 e. The van der Waals surface area contributed by atoms with Gasteiger partial charge in [0.15, 0.2) is 0 Å². The van der Waals surface area contributed by atoms with E-state index in [0.29, 0.717) is 17.4 Å². The van der Waals surface area contributed by atoms with E-state index in [1.165, 1.54) is 11.9 Å². The van der Waals surface area contributed by atoms with Gasteiger partial charge in [0.2, 0.25) is 18.2 Å². The lowest BCUT2D eigenvalue weighted by molar-refractivity contribution is -0.135. The van der Waals surface area contributed by atoms with Crippen LogP contribution in [0.5, 0.6) is 0 Å². The van der Waals surface area contributed by atoms with Gasteiger partial charge in [-0.2, -0.15) is 5.26 Å². The Hall–Kier alpha value is -2.59. The molecule has 8 heteroatoms. The molecule has 0 heterocycles. The predicted molar refractivity (Wildman–Crippen MR) is 110 cm³/mol. The summed E-state index contributed by atoms with van der Waals surface area (Å²) in [5.74, 6) is -1.04. The minimum atomic E-state index is -0.725. The molecule has 3 amide bonds. The number of carbonyl (C=O) groups is 3. The van der Waals surface area contributed by atoms with Crippen molar-refractivity contribution in [3.8, 4) is 6.07 Å². The number of hydrogen-bond acceptors (Lipinski definition) is 4. The second kappa shape index (κ2) is 11.4. The van der Waals surface area contributed by atoms with Crippen molar-refractivity contribution in [1.82, 2.24) is 15.5 Å². The Balaban J connectivity index is 2.17. The molecule has 0 saturated heterocycles. The lowest BCUT2D eigenvalue weighted by Gasteiger charge is -2.28. The number of benzene rings is 1. The summed E-state index contributed by atoms with van der Waals surface area (Å²) in [6.07, 6.45) is 4.68. The molecule has 0 bridgehead atoms. The van der Waals surface area contributed by atoms with Gasteiger partial charge in [0.05, 0.1) is 18.0 Å². The molecule has 1 aliphatic rings. The third-order valence-corrected chi connectivity index (χ3v) is 5.58. The van der Waals surface area contributed by atoms with E-state index in [-0.39, 0.29) is 37.4 Å². The number of hydrogen-bond donors (Lipinski definition) is 2. The van der Waals surface area contributed by atoms with Crippen molar-refractivity contribution in [1.29, 1.82) is 5.26 Å². The predicted octanol–water partition coefficient (Wildman–Crippen LogP) is 2.42. The summed E-state index contributed by atoms with van der Waals surface area (Å²) >= 11 is 6.16. The normalized spacial score (nSPS) is 15.8. The summed E-state index contributed by atoms with van der Waals surface area (Å²) in [6, 6.07) is 9.16. The summed E-state index contributed by atoms with van der Waals surface area (Å²) in [7, 11) is 1.51. The highest BCUT2D eigenvalue weighted by molar-refractivity contribution is 6.30. The fourth-order valence-corrected chi connectivity index (χ4v) is 3.94. The zero-order chi connectivity index (χ0) is 21.2. The molecule has 1 aliphatic carbocycles. The summed E-state index contributed by atoms with van der Waals surface area (Å²) < 4.78 is 0. The number of amides is 3. The number of nitrogens with one attached hydrogen (secondary N) is 2. The average Bonchev–Trinajstić information content (AvgIpc) is 3.23. The summed E-state index contributed by atoms with van der Waals surface area (Å²) in [5, 5.41) is 15.0. The van der Waals surface area contributed by atoms with Crippen LogP contribution in [0.3, 0.4) is 0 Å². The van der Waals surface area contributed by atoms with E-state index in [0.717, 1.165) is 31.2 Å². The van der Waals surface area contributed by atoms with Crippen LogP contribution in [-0.2, 0) is 14.4 Å². The van der Waals surface area contributed by atoms with Crippen LogP contribution in [0.25, 0.3) is 0 Å². The molecule has 2 unspecified atom stereocenters. The molecule has 29 heavy (non-hydrogen) atoms. The largest absolute Gasteiger partial charge is 0.358 e. The molecule has 2 N–H and O–H groups in total. The maximum absolute atomic E-state index is 13.1. The fourth-order valence-electron chi connectivity index (χ4n) is 3.74. The van der Waals surface area contributed by atoms with Gasteiger partial charge in [-0.1, -0.05) is 36.6 Å². The molecule has 7 nitrogen and oxygen atoms in total. The highest BCUT2D eigenvalue weighted by Crippen LogP contribution is 2.36. The molecule has 0 radical (unpaired) electrons. The first-order valence-corrected chi connectivity index (χ1v) is 10.2. The first-order chi connectivity index (χ1) is 14.0. The summed E-state index contributed by atoms with van der Waals surface area (Å²) in [5.41, 5.74) is 0.938. The van der Waals surface area contributed by atoms with Crippen LogP contribution in [0, 0.1) is 23.2 Å². The molecule has 2 rings (SSSR count). The van der Waals surface area contributed by atoms with Gasteiger partial charge in [0, 0.05) is 25.0 Å². The third-order valence-electron chi connectivity index (χ3n) is 5.35. The van der Waals surface area contributed by atoms with Gasteiger partial charge in [-0.05, 0) is 36.5 Å². The zero-order valence-corrected chi connectivity index (χ0v) is 17.3. The molecule has 1 aromatic rings. The van der Waals surface area contributed by atoms with E-state index >= 15 is 0 Å². The second-order valence-corrected chi connectivity index (χ2v) is 7.86. The molecule has 0 aliphatic heterocycles. The lowest BCUT2D eigenvalue weighted by Crippen LogP contribution is -2.43. The van der Waals surface area contributed by atoms with E-state index < -0.39 is 5.92 Å². The van der Waals surface area contributed by atoms with Crippen molar-refractivity contribution in [3.05, 3.63) is 34.9 Å². The Morgan fingerprint density at radius 1 is 1.38 bits per heavy atom. The minimum absolute atomic E-state index is 0.0500. The first kappa shape index (κ1) is 22.7. The van der Waals surface area contributed by atoms with Crippen LogP contribution in [-0.4, -0.2) is 43.3 Å². The van der Waals surface area contributed by atoms with Crippen molar-refractivity contribution < 1.29 is 14.4 Å². The zero-order valence-electron chi connectivity index (χ0n) is 16.6. The topological polar surface area (TPSA) is 102 Å². The molecule has 0 aromatic heterocycles. The van der Waals surface area contributed by atoms with Crippen molar-refractivity contribution in [2.45, 2.75) is 38.1 Å². The van der Waals surface area contributed by atoms with Crippen LogP contribution in [0.2, 0.25) is 5.02 Å². The van der Waals surface area contributed by atoms with Gasteiger partial charge < -0.3 is 15.5 Å². The summed E-state index contributed by atoms with van der Waals surface area (Å²) in [6.45, 7) is -0.00407. The van der Waals surface area contributed by atoms with E-state index in [1.807, 2.05) is 24.3 Å². The summed E-state index contributed by atoms with van der Waals surface area (Å²) in [4.78, 5) is 37.4. The van der Waals surface area contributed by atoms with Crippen LogP contribution >= 0.6 is 11.6 Å². The van der Waals surface area contributed by atoms with Gasteiger partial charge >= 0.3 is 0 Å². The van der Waals surface area contributed by atoms with Crippen molar-refractivity contribution >= 4 is 29.8 Å². The Labute approximate surface area is 176 Å². The highest BCUT2D eigenvalue weighted by atomic mass is 35.5. The van der Waals surface area contributed by atoms with Gasteiger partial charge in [0.1, 0.15) is 6.54 Å². The second-order valence-electron chi connectivity index (χ2n) is 7.42. The lowest BCUT2D eigenvalue weighted by atomic mass is 9.90. The first-order valence-electron chi connectivity index (χ1n) is 9.80. The Kier molecular flexibility index (Phi) is 8.94. The van der Waals surface area contributed by atoms with Crippen LogP contribution < -0.4 is 10.6 Å². The van der Waals surface area contributed by atoms with Crippen LogP contribution in [0.4, 0.5) is 0 Å². The van der Waals surface area contributed by atoms with Gasteiger partial charge in [0.25, 0.3) is 0 Å². The van der Waals surface area contributed by atoms with E-state index in [2.05, 4.69) is 10.6 Å². The van der Waals surface area contributed by atoms with Crippen LogP contribution in [0.15, 0.2) is 24.3 Å². The van der Waals surface area contributed by atoms with Crippen molar-refractivity contribution in [2.75, 3.05) is 20.1 Å². The van der Waals surface area contributed by atoms with Crippen molar-refractivity contribution in [3.63, 3.8) is 0 Å². The Morgan fingerprint density at radius 2 is 2.10 bits per heavy atom. The molecule has 1 aromatic carbocycles. The molecular weight excluding hydrogens is 392 g/mol. The number of halogens is 1. The van der Waals surface area contributed by atoms with Gasteiger partial charge in [-0.3, -0.25) is 14.4 Å². The van der Waals surface area contributed by atoms with E-state index in [4.69, 9.17) is 16.9 Å². The third kappa shape index (κ3) is 6.75. The molecular formula is C21H27ClN4O3. The number of carbonyl (C=O) groups excluding carboxylic acids is 3. The van der Waals surface area contributed by atoms with Gasteiger partial charge in [-0.25, -0.2) is 0 Å². The standard InChI is InChI=1S/C21H27ClN4O3/c1-26(10-9-23)19(28)12-17(13-24-14-27)21(29)25-20(15-5-2-3-6-15)16-7-4-8-18(22)11-16/h4,7-8,11,14-15,17,20H,2-3,5-6,10,12-13H2,1H3,(H,24,27)(H,25,29). The number of nitrogens with zero attached hydrogens (tertiary/aromatic N) is 2. The molecule has 156 valence electrons. The molecule has 1 saturated carbocycles. The number of rotatable bonds is 10. The van der Waals surface area contributed by atoms with Crippen molar-refractivity contribution in [2.24, 2.45) is 11.8 Å². The number of nitriles is 1. The fraction of sp³-hybridized carbons (Fsp3) is 0.524.